The number of nitrogens with zero attached hydrogens (tertiary/aromatic N) is 3. The lowest BCUT2D eigenvalue weighted by molar-refractivity contribution is 0.435. The van der Waals surface area contributed by atoms with Gasteiger partial charge < -0.3 is 10.6 Å². The molecule has 20 heavy (non-hydrogen) atoms. The summed E-state index contributed by atoms with van der Waals surface area (Å²) < 4.78 is 2.09. The Labute approximate surface area is 121 Å². The van der Waals surface area contributed by atoms with Crippen LogP contribution in [0.1, 0.15) is 31.2 Å². The number of aliphatic imine (C=N–C) groups is 1. The topological polar surface area (TPSA) is 54.2 Å². The van der Waals surface area contributed by atoms with Crippen LogP contribution in [0, 0.1) is 25.7 Å². The van der Waals surface area contributed by atoms with Gasteiger partial charge in [-0.15, -0.1) is 0 Å². The lowest BCUT2D eigenvalue weighted by atomic mass is 10.2. The van der Waals surface area contributed by atoms with Gasteiger partial charge in [0.1, 0.15) is 0 Å². The van der Waals surface area contributed by atoms with Crippen LogP contribution in [0.3, 0.4) is 0 Å². The van der Waals surface area contributed by atoms with Crippen LogP contribution in [-0.2, 0) is 6.54 Å². The zero-order chi connectivity index (χ0) is 14.5. The summed E-state index contributed by atoms with van der Waals surface area (Å²) in [7, 11) is 1.83. The van der Waals surface area contributed by atoms with Gasteiger partial charge in [-0.05, 0) is 44.6 Å². The van der Waals surface area contributed by atoms with Crippen molar-refractivity contribution in [3.8, 4) is 0 Å². The zero-order valence-electron chi connectivity index (χ0n) is 13.1. The second-order valence-electron chi connectivity index (χ2n) is 5.99. The van der Waals surface area contributed by atoms with Crippen LogP contribution in [0.5, 0.6) is 0 Å². The molecule has 5 nitrogen and oxygen atoms in total. The van der Waals surface area contributed by atoms with E-state index in [2.05, 4.69) is 45.3 Å². The van der Waals surface area contributed by atoms with Crippen molar-refractivity contribution in [1.82, 2.24) is 20.4 Å². The first kappa shape index (κ1) is 14.9. The molecule has 0 amide bonds. The molecule has 1 aliphatic rings. The highest BCUT2D eigenvalue weighted by atomic mass is 15.3. The van der Waals surface area contributed by atoms with Gasteiger partial charge in [0.05, 0.1) is 5.69 Å². The maximum atomic E-state index is 4.51. The van der Waals surface area contributed by atoms with Crippen LogP contribution >= 0.6 is 0 Å². The molecule has 1 saturated carbocycles. The van der Waals surface area contributed by atoms with E-state index in [0.29, 0.717) is 5.92 Å². The van der Waals surface area contributed by atoms with Crippen molar-refractivity contribution in [2.45, 2.75) is 40.2 Å². The van der Waals surface area contributed by atoms with Gasteiger partial charge in [0.2, 0.25) is 0 Å². The molecule has 2 N–H and O–H groups in total. The zero-order valence-corrected chi connectivity index (χ0v) is 13.1. The molecule has 1 aromatic heterocycles. The van der Waals surface area contributed by atoms with Crippen molar-refractivity contribution in [2.24, 2.45) is 16.8 Å². The first-order chi connectivity index (χ1) is 9.58. The highest BCUT2D eigenvalue weighted by molar-refractivity contribution is 5.79. The Morgan fingerprint density at radius 2 is 2.20 bits per heavy atom. The van der Waals surface area contributed by atoms with Gasteiger partial charge in [-0.25, -0.2) is 0 Å². The van der Waals surface area contributed by atoms with Crippen molar-refractivity contribution in [3.05, 3.63) is 17.5 Å². The monoisotopic (exact) mass is 277 g/mol. The number of aryl methyl sites for hydroxylation is 2. The second kappa shape index (κ2) is 6.77. The molecule has 0 saturated heterocycles. The molecule has 1 fully saturated rings. The van der Waals surface area contributed by atoms with E-state index in [4.69, 9.17) is 0 Å². The fourth-order valence-electron chi connectivity index (χ4n) is 2.27. The number of rotatable bonds is 6. The average molecular weight is 277 g/mol. The van der Waals surface area contributed by atoms with Gasteiger partial charge in [-0.2, -0.15) is 5.10 Å². The third kappa shape index (κ3) is 4.54. The van der Waals surface area contributed by atoms with Gasteiger partial charge >= 0.3 is 0 Å². The van der Waals surface area contributed by atoms with Crippen LogP contribution < -0.4 is 10.6 Å². The summed E-state index contributed by atoms with van der Waals surface area (Å²) in [5, 5.41) is 11.3. The predicted octanol–water partition coefficient (Wildman–Crippen LogP) is 1.71. The fraction of sp³-hybridized carbons (Fsp3) is 0.733. The van der Waals surface area contributed by atoms with Crippen molar-refractivity contribution in [3.63, 3.8) is 0 Å². The maximum absolute atomic E-state index is 4.51. The summed E-state index contributed by atoms with van der Waals surface area (Å²) in [6.07, 6.45) is 2.72. The minimum atomic E-state index is 0.507. The van der Waals surface area contributed by atoms with E-state index < -0.39 is 0 Å². The second-order valence-corrected chi connectivity index (χ2v) is 5.99. The molecule has 1 heterocycles. The molecule has 0 aliphatic heterocycles. The Morgan fingerprint density at radius 3 is 2.75 bits per heavy atom. The number of aromatic nitrogens is 2. The van der Waals surface area contributed by atoms with E-state index in [0.717, 1.165) is 37.2 Å². The Morgan fingerprint density at radius 1 is 1.45 bits per heavy atom. The Balaban J connectivity index is 1.72. The van der Waals surface area contributed by atoms with E-state index in [1.165, 1.54) is 18.5 Å². The van der Waals surface area contributed by atoms with E-state index in [1.807, 2.05) is 14.0 Å². The van der Waals surface area contributed by atoms with Gasteiger partial charge in [0, 0.05) is 32.4 Å². The fourth-order valence-corrected chi connectivity index (χ4v) is 2.27. The minimum Gasteiger partial charge on any atom is -0.356 e. The number of nitrogens with one attached hydrogen (secondary N) is 2. The van der Waals surface area contributed by atoms with Crippen molar-refractivity contribution in [2.75, 3.05) is 20.1 Å². The van der Waals surface area contributed by atoms with E-state index >= 15 is 0 Å². The molecule has 0 bridgehead atoms. The Kier molecular flexibility index (Phi) is 5.04. The summed E-state index contributed by atoms with van der Waals surface area (Å²) in [6, 6.07) is 2.12. The third-order valence-electron chi connectivity index (χ3n) is 3.68. The number of hydrogen-bond donors (Lipinski definition) is 2. The molecule has 0 radical (unpaired) electrons. The van der Waals surface area contributed by atoms with E-state index in [1.54, 1.807) is 0 Å². The standard InChI is InChI=1S/C15H27N5/c1-11(10-20-13(3)7-12(2)19-20)8-17-15(16-4)18-9-14-5-6-14/h7,11,14H,5-6,8-10H2,1-4H3,(H2,16,17,18). The molecule has 2 rings (SSSR count). The molecule has 1 atom stereocenters. The number of guanidine groups is 1. The van der Waals surface area contributed by atoms with Gasteiger partial charge in [-0.3, -0.25) is 9.67 Å². The van der Waals surface area contributed by atoms with Crippen LogP contribution in [0.25, 0.3) is 0 Å². The predicted molar refractivity (Wildman–Crippen MR) is 83.0 cm³/mol. The molecule has 112 valence electrons. The van der Waals surface area contributed by atoms with Crippen LogP contribution in [-0.4, -0.2) is 35.9 Å². The Bertz CT molecular complexity index is 459. The lowest BCUT2D eigenvalue weighted by Crippen LogP contribution is -2.40. The molecule has 1 unspecified atom stereocenters. The van der Waals surface area contributed by atoms with Crippen molar-refractivity contribution >= 4 is 5.96 Å². The minimum absolute atomic E-state index is 0.507. The Hall–Kier alpha value is -1.52. The van der Waals surface area contributed by atoms with Crippen LogP contribution in [0.4, 0.5) is 0 Å². The average Bonchev–Trinajstić information content (AvgIpc) is 3.17. The SMILES string of the molecule is CN=C(NCC(C)Cn1nc(C)cc1C)NCC1CC1. The smallest absolute Gasteiger partial charge is 0.190 e. The largest absolute Gasteiger partial charge is 0.356 e. The molecule has 1 aliphatic carbocycles. The summed E-state index contributed by atoms with van der Waals surface area (Å²) in [5.74, 6) is 2.28. The third-order valence-corrected chi connectivity index (χ3v) is 3.68. The molecule has 1 aromatic rings. The quantitative estimate of drug-likeness (QED) is 0.615. The summed E-state index contributed by atoms with van der Waals surface area (Å²) in [4.78, 5) is 4.26. The van der Waals surface area contributed by atoms with Crippen molar-refractivity contribution < 1.29 is 0 Å². The number of hydrogen-bond acceptors (Lipinski definition) is 2. The van der Waals surface area contributed by atoms with Gasteiger partial charge in [0.15, 0.2) is 5.96 Å². The molecular weight excluding hydrogens is 250 g/mol. The van der Waals surface area contributed by atoms with E-state index in [-0.39, 0.29) is 0 Å². The summed E-state index contributed by atoms with van der Waals surface area (Å²) >= 11 is 0. The molecule has 0 aromatic carbocycles. The van der Waals surface area contributed by atoms with Crippen LogP contribution in [0.2, 0.25) is 0 Å². The molecule has 0 spiro atoms. The maximum Gasteiger partial charge on any atom is 0.190 e. The normalized spacial score (nSPS) is 17.1. The molecule has 5 heteroatoms. The van der Waals surface area contributed by atoms with Crippen molar-refractivity contribution in [1.29, 1.82) is 0 Å². The highest BCUT2D eigenvalue weighted by Crippen LogP contribution is 2.27. The lowest BCUT2D eigenvalue weighted by Gasteiger charge is -2.16. The first-order valence-corrected chi connectivity index (χ1v) is 7.54. The summed E-state index contributed by atoms with van der Waals surface area (Å²) in [6.45, 7) is 9.27. The highest BCUT2D eigenvalue weighted by Gasteiger charge is 2.21. The van der Waals surface area contributed by atoms with Crippen LogP contribution in [0.15, 0.2) is 11.1 Å². The van der Waals surface area contributed by atoms with E-state index in [9.17, 15) is 0 Å². The summed E-state index contributed by atoms with van der Waals surface area (Å²) in [5.41, 5.74) is 2.31. The van der Waals surface area contributed by atoms with Gasteiger partial charge in [-0.1, -0.05) is 6.92 Å². The first-order valence-electron chi connectivity index (χ1n) is 7.54. The molecular formula is C15H27N5. The van der Waals surface area contributed by atoms with Gasteiger partial charge in [0.25, 0.3) is 0 Å².